The van der Waals surface area contributed by atoms with Gasteiger partial charge in [-0.15, -0.1) is 0 Å². The Morgan fingerprint density at radius 1 is 1.43 bits per heavy atom. The molecule has 7 heavy (non-hydrogen) atoms. The normalized spacial score (nSPS) is 8.57. The highest BCUT2D eigenvalue weighted by molar-refractivity contribution is 4.46. The van der Waals surface area contributed by atoms with Crippen LogP contribution in [0.4, 0.5) is 4.70 Å². The van der Waals surface area contributed by atoms with Gasteiger partial charge >= 0.3 is 0 Å². The van der Waals surface area contributed by atoms with Crippen molar-refractivity contribution in [2.75, 3.05) is 6.54 Å². The fourth-order valence-electron chi connectivity index (χ4n) is 0.408. The van der Waals surface area contributed by atoms with Crippen LogP contribution in [0.5, 0.6) is 0 Å². The smallest absolute Gasteiger partial charge is 0.00102 e. The van der Waals surface area contributed by atoms with E-state index in [0.717, 1.165) is 6.54 Å². The van der Waals surface area contributed by atoms with Crippen LogP contribution in [-0.4, -0.2) is 12.6 Å². The topological polar surface area (TPSA) is 12.0 Å². The number of hydrogen-bond donors (Lipinski definition) is 1. The molecule has 0 aromatic heterocycles. The fourth-order valence-corrected chi connectivity index (χ4v) is 0.408. The lowest BCUT2D eigenvalue weighted by Gasteiger charge is -2.00. The molecule has 0 spiro atoms. The molecule has 0 saturated heterocycles. The molecule has 0 bridgehead atoms. The summed E-state index contributed by atoms with van der Waals surface area (Å²) in [5, 5.41) is 3.21. The maximum Gasteiger partial charge on any atom is 0.00102 e. The van der Waals surface area contributed by atoms with Crippen LogP contribution >= 0.6 is 0 Å². The first kappa shape index (κ1) is 10.00. The molecule has 0 radical (unpaired) electrons. The molecule has 0 rings (SSSR count). The first-order chi connectivity index (χ1) is 2.77. The molecule has 0 unspecified atom stereocenters. The molecule has 46 valence electrons. The number of nitrogens with one attached hydrogen (secondary N) is 1. The maximum absolute atomic E-state index is 3.21. The quantitative estimate of drug-likeness (QED) is 0.558. The Kier molecular flexibility index (Phi) is 8.41. The predicted octanol–water partition coefficient (Wildman–Crippen LogP) is 1.16. The molecular weight excluding hydrogens is 93.1 g/mol. The zero-order chi connectivity index (χ0) is 4.99. The largest absolute Gasteiger partial charge is 0.315 e. The third kappa shape index (κ3) is 10.7. The van der Waals surface area contributed by atoms with Crippen molar-refractivity contribution in [3.8, 4) is 0 Å². The molecule has 0 aliphatic rings. The summed E-state index contributed by atoms with van der Waals surface area (Å²) in [6, 6.07) is 0.648. The van der Waals surface area contributed by atoms with Gasteiger partial charge in [0.15, 0.2) is 0 Å². The van der Waals surface area contributed by atoms with E-state index in [0.29, 0.717) is 6.04 Å². The Hall–Kier alpha value is -0.110. The minimum absolute atomic E-state index is 0. The standard InChI is InChI=1S/C5H13N.FH/c1-4-6-5(2)3;/h5-6H,4H2,1-3H3;1H. The van der Waals surface area contributed by atoms with Gasteiger partial charge in [-0.05, 0) is 6.54 Å². The molecule has 0 aromatic rings. The van der Waals surface area contributed by atoms with Crippen molar-refractivity contribution in [3.05, 3.63) is 0 Å². The molecule has 1 N–H and O–H groups in total. The third-order valence-corrected chi connectivity index (χ3v) is 0.612. The van der Waals surface area contributed by atoms with Gasteiger partial charge in [-0.3, -0.25) is 4.70 Å². The van der Waals surface area contributed by atoms with E-state index < -0.39 is 0 Å². The van der Waals surface area contributed by atoms with Gasteiger partial charge in [0.05, 0.1) is 0 Å². The average Bonchev–Trinajstić information content (AvgIpc) is 1.35. The summed E-state index contributed by atoms with van der Waals surface area (Å²) in [6.45, 7) is 7.48. The minimum atomic E-state index is 0. The van der Waals surface area contributed by atoms with Gasteiger partial charge in [0.25, 0.3) is 0 Å². The van der Waals surface area contributed by atoms with E-state index in [1.807, 2.05) is 0 Å². The Morgan fingerprint density at radius 2 is 1.86 bits per heavy atom. The molecule has 0 saturated carbocycles. The van der Waals surface area contributed by atoms with Crippen LogP contribution in [-0.2, 0) is 0 Å². The second-order valence-corrected chi connectivity index (χ2v) is 1.71. The molecule has 0 heterocycles. The van der Waals surface area contributed by atoms with E-state index in [4.69, 9.17) is 0 Å². The lowest BCUT2D eigenvalue weighted by Crippen LogP contribution is -2.21. The minimum Gasteiger partial charge on any atom is -0.315 e. The van der Waals surface area contributed by atoms with Gasteiger partial charge in [0.2, 0.25) is 0 Å². The van der Waals surface area contributed by atoms with Crippen LogP contribution in [0.3, 0.4) is 0 Å². The van der Waals surface area contributed by atoms with Crippen molar-refractivity contribution >= 4 is 0 Å². The number of rotatable bonds is 2. The second-order valence-electron chi connectivity index (χ2n) is 1.71. The second kappa shape index (κ2) is 5.89. The van der Waals surface area contributed by atoms with Crippen molar-refractivity contribution in [1.29, 1.82) is 0 Å². The molecule has 0 aromatic carbocycles. The first-order valence-electron chi connectivity index (χ1n) is 2.50. The summed E-state index contributed by atoms with van der Waals surface area (Å²) < 4.78 is 0. The van der Waals surface area contributed by atoms with E-state index in [1.54, 1.807) is 0 Å². The molecule has 0 aliphatic carbocycles. The molecule has 2 heteroatoms. The Labute approximate surface area is 44.5 Å². The van der Waals surface area contributed by atoms with Crippen LogP contribution in [0.15, 0.2) is 0 Å². The number of hydrogen-bond acceptors (Lipinski definition) is 1. The van der Waals surface area contributed by atoms with Crippen molar-refractivity contribution in [3.63, 3.8) is 0 Å². The summed E-state index contributed by atoms with van der Waals surface area (Å²) >= 11 is 0. The van der Waals surface area contributed by atoms with Crippen molar-refractivity contribution in [2.45, 2.75) is 26.8 Å². The summed E-state index contributed by atoms with van der Waals surface area (Å²) in [5.41, 5.74) is 0. The zero-order valence-electron chi connectivity index (χ0n) is 5.19. The Bertz CT molecular complexity index is 29.3. The van der Waals surface area contributed by atoms with Crippen LogP contribution in [0.25, 0.3) is 0 Å². The van der Waals surface area contributed by atoms with Crippen molar-refractivity contribution in [2.24, 2.45) is 0 Å². The summed E-state index contributed by atoms with van der Waals surface area (Å²) in [4.78, 5) is 0. The van der Waals surface area contributed by atoms with E-state index in [2.05, 4.69) is 26.1 Å². The van der Waals surface area contributed by atoms with Gasteiger partial charge < -0.3 is 5.32 Å². The highest BCUT2D eigenvalue weighted by Crippen LogP contribution is 1.70. The molecule has 0 atom stereocenters. The van der Waals surface area contributed by atoms with Crippen LogP contribution in [0.1, 0.15) is 20.8 Å². The summed E-state index contributed by atoms with van der Waals surface area (Å²) in [5.74, 6) is 0. The van der Waals surface area contributed by atoms with Gasteiger partial charge in [0, 0.05) is 6.04 Å². The van der Waals surface area contributed by atoms with E-state index in [1.165, 1.54) is 0 Å². The van der Waals surface area contributed by atoms with Crippen LogP contribution < -0.4 is 5.32 Å². The fraction of sp³-hybridized carbons (Fsp3) is 1.00. The molecule has 0 aliphatic heterocycles. The van der Waals surface area contributed by atoms with E-state index in [9.17, 15) is 0 Å². The highest BCUT2D eigenvalue weighted by atomic mass is 19.0. The lowest BCUT2D eigenvalue weighted by molar-refractivity contribution is 0.613. The first-order valence-corrected chi connectivity index (χ1v) is 2.50. The zero-order valence-corrected chi connectivity index (χ0v) is 5.19. The van der Waals surface area contributed by atoms with Crippen LogP contribution in [0, 0.1) is 0 Å². The third-order valence-electron chi connectivity index (χ3n) is 0.612. The maximum atomic E-state index is 3.21. The SMILES string of the molecule is CCNC(C)C.F. The highest BCUT2D eigenvalue weighted by Gasteiger charge is 1.82. The monoisotopic (exact) mass is 107 g/mol. The van der Waals surface area contributed by atoms with E-state index in [-0.39, 0.29) is 4.70 Å². The predicted molar refractivity (Wildman–Crippen MR) is 31.3 cm³/mol. The summed E-state index contributed by atoms with van der Waals surface area (Å²) in [6.07, 6.45) is 0. The van der Waals surface area contributed by atoms with Crippen LogP contribution in [0.2, 0.25) is 0 Å². The van der Waals surface area contributed by atoms with E-state index >= 15 is 0 Å². The van der Waals surface area contributed by atoms with Crippen molar-refractivity contribution in [1.82, 2.24) is 5.32 Å². The molecule has 1 nitrogen and oxygen atoms in total. The number of halogens is 1. The van der Waals surface area contributed by atoms with Crippen molar-refractivity contribution < 1.29 is 4.70 Å². The van der Waals surface area contributed by atoms with Gasteiger partial charge in [0.1, 0.15) is 0 Å². The van der Waals surface area contributed by atoms with Gasteiger partial charge in [-0.2, -0.15) is 0 Å². The molecule has 0 amide bonds. The lowest BCUT2D eigenvalue weighted by atomic mass is 10.4. The Morgan fingerprint density at radius 3 is 1.86 bits per heavy atom. The van der Waals surface area contributed by atoms with Gasteiger partial charge in [-0.1, -0.05) is 20.8 Å². The molecule has 0 fully saturated rings. The average molecular weight is 107 g/mol. The van der Waals surface area contributed by atoms with Gasteiger partial charge in [-0.25, -0.2) is 0 Å². The Balaban J connectivity index is 0. The molecular formula is C5H14FN. The summed E-state index contributed by atoms with van der Waals surface area (Å²) in [7, 11) is 0.